The number of aliphatic hydroxyl groups excluding tert-OH is 2. The Morgan fingerprint density at radius 1 is 0.660 bits per heavy atom. The van der Waals surface area contributed by atoms with E-state index in [4.69, 9.17) is 0 Å². The van der Waals surface area contributed by atoms with Crippen LogP contribution in [-0.2, 0) is 25.0 Å². The Bertz CT molecular complexity index is 2060. The van der Waals surface area contributed by atoms with E-state index < -0.39 is 6.10 Å². The van der Waals surface area contributed by atoms with Crippen LogP contribution in [0.5, 0.6) is 0 Å². The third-order valence-corrected chi connectivity index (χ3v) is 11.0. The summed E-state index contributed by atoms with van der Waals surface area (Å²) in [5.41, 5.74) is 12.5. The average molecular weight is 711 g/mol. The summed E-state index contributed by atoms with van der Waals surface area (Å²) in [6.07, 6.45) is 6.41. The van der Waals surface area contributed by atoms with Gasteiger partial charge in [-0.2, -0.15) is 0 Å². The standard InChI is InChI=1S/C25H26O.C20H24N2O.2C2H6/c1-3-15-25(2)22-12-8-7-11-20(22)21-17-19(13-14-23(21)25)24(26)16-18-9-5-4-6-10-18;1-2-22-19-8-6-15(14-23)12-17(19)18-13-16(7-9-20(18)22)21-10-4-3-5-11-21;2*1-2/h4-14,17,24,26H,3,15-16H2,1-2H3;6-9,12-13,23H,2-5,10-11,14H2,1H3;2*1-2H3. The lowest BCUT2D eigenvalue weighted by atomic mass is 9.76. The summed E-state index contributed by atoms with van der Waals surface area (Å²) >= 11 is 0. The number of rotatable bonds is 8. The van der Waals surface area contributed by atoms with Crippen LogP contribution in [0.4, 0.5) is 5.69 Å². The van der Waals surface area contributed by atoms with Gasteiger partial charge in [0.25, 0.3) is 0 Å². The van der Waals surface area contributed by atoms with Crippen molar-refractivity contribution in [3.8, 4) is 11.1 Å². The number of aliphatic hydroxyl groups is 2. The molecule has 4 nitrogen and oxygen atoms in total. The number of hydrogen-bond donors (Lipinski definition) is 2. The van der Waals surface area contributed by atoms with Gasteiger partial charge in [0, 0.05) is 59.0 Å². The number of benzene rings is 5. The molecule has 2 atom stereocenters. The Hall–Kier alpha value is -4.38. The first-order valence-corrected chi connectivity index (χ1v) is 20.3. The second-order valence-corrected chi connectivity index (χ2v) is 14.1. The van der Waals surface area contributed by atoms with E-state index >= 15 is 0 Å². The van der Waals surface area contributed by atoms with Crippen LogP contribution in [0.3, 0.4) is 0 Å². The largest absolute Gasteiger partial charge is 0.392 e. The van der Waals surface area contributed by atoms with Gasteiger partial charge in [-0.3, -0.25) is 0 Å². The average Bonchev–Trinajstić information content (AvgIpc) is 3.68. The SMILES string of the molecule is CC.CC.CCCC1(C)c2ccccc2-c2cc(C(O)Cc3ccccc3)ccc21.CCn1c2ccc(CO)cc2c2cc(N3CCCCC3)ccc21. The monoisotopic (exact) mass is 710 g/mol. The fourth-order valence-electron chi connectivity index (χ4n) is 8.47. The van der Waals surface area contributed by atoms with Crippen molar-refractivity contribution in [3.05, 3.63) is 137 Å². The molecule has 0 bridgehead atoms. The number of hydrogen-bond acceptors (Lipinski definition) is 3. The lowest BCUT2D eigenvalue weighted by Gasteiger charge is -2.28. The summed E-state index contributed by atoms with van der Waals surface area (Å²) in [6, 6.07) is 38.7. The van der Waals surface area contributed by atoms with Gasteiger partial charge in [0.1, 0.15) is 0 Å². The molecule has 0 spiro atoms. The van der Waals surface area contributed by atoms with Crippen molar-refractivity contribution in [2.24, 2.45) is 0 Å². The number of fused-ring (bicyclic) bond motifs is 6. The maximum absolute atomic E-state index is 10.8. The minimum atomic E-state index is -0.479. The predicted molar refractivity (Wildman–Crippen MR) is 228 cm³/mol. The molecule has 6 aromatic rings. The van der Waals surface area contributed by atoms with Crippen LogP contribution >= 0.6 is 0 Å². The normalized spacial score (nSPS) is 16.4. The summed E-state index contributed by atoms with van der Waals surface area (Å²) in [5, 5.41) is 22.8. The van der Waals surface area contributed by atoms with E-state index in [0.29, 0.717) is 6.42 Å². The second kappa shape index (κ2) is 18.6. The molecular formula is C49H62N2O2. The maximum atomic E-state index is 10.8. The summed E-state index contributed by atoms with van der Waals surface area (Å²) < 4.78 is 2.37. The summed E-state index contributed by atoms with van der Waals surface area (Å²) in [4.78, 5) is 2.51. The molecule has 4 heteroatoms. The molecule has 1 saturated heterocycles. The highest BCUT2D eigenvalue weighted by molar-refractivity contribution is 6.09. The molecule has 280 valence electrons. The molecule has 2 heterocycles. The highest BCUT2D eigenvalue weighted by atomic mass is 16.3. The summed E-state index contributed by atoms with van der Waals surface area (Å²) in [5.74, 6) is 0. The topological polar surface area (TPSA) is 48.6 Å². The minimum absolute atomic E-state index is 0.0730. The van der Waals surface area contributed by atoms with Crippen LogP contribution in [0.2, 0.25) is 0 Å². The van der Waals surface area contributed by atoms with E-state index in [2.05, 4.69) is 115 Å². The first-order chi connectivity index (χ1) is 25.9. The van der Waals surface area contributed by atoms with Gasteiger partial charge in [-0.25, -0.2) is 0 Å². The highest BCUT2D eigenvalue weighted by Crippen LogP contribution is 2.51. The van der Waals surface area contributed by atoms with Gasteiger partial charge in [-0.1, -0.05) is 121 Å². The zero-order valence-electron chi connectivity index (χ0n) is 33.3. The molecule has 0 amide bonds. The minimum Gasteiger partial charge on any atom is -0.392 e. The van der Waals surface area contributed by atoms with Crippen molar-refractivity contribution in [1.29, 1.82) is 0 Å². The fourth-order valence-corrected chi connectivity index (χ4v) is 8.47. The van der Waals surface area contributed by atoms with Crippen molar-refractivity contribution < 1.29 is 10.2 Å². The third kappa shape index (κ3) is 8.25. The molecule has 0 radical (unpaired) electrons. The van der Waals surface area contributed by atoms with Crippen molar-refractivity contribution in [2.45, 2.75) is 112 Å². The van der Waals surface area contributed by atoms with Crippen LogP contribution in [0.25, 0.3) is 32.9 Å². The Kier molecular flexibility index (Phi) is 14.0. The molecule has 2 aliphatic rings. The van der Waals surface area contributed by atoms with Crippen LogP contribution < -0.4 is 4.90 Å². The third-order valence-electron chi connectivity index (χ3n) is 11.0. The van der Waals surface area contributed by atoms with Crippen LogP contribution in [0, 0.1) is 0 Å². The van der Waals surface area contributed by atoms with Gasteiger partial charge in [0.05, 0.1) is 12.7 Å². The van der Waals surface area contributed by atoms with Crippen LogP contribution in [0.15, 0.2) is 109 Å². The van der Waals surface area contributed by atoms with Crippen molar-refractivity contribution in [1.82, 2.24) is 4.57 Å². The zero-order valence-corrected chi connectivity index (χ0v) is 33.3. The van der Waals surface area contributed by atoms with E-state index in [1.807, 2.05) is 52.0 Å². The molecule has 2 N–H and O–H groups in total. The summed E-state index contributed by atoms with van der Waals surface area (Å²) in [7, 11) is 0. The molecular weight excluding hydrogens is 649 g/mol. The van der Waals surface area contributed by atoms with Gasteiger partial charge in [0.2, 0.25) is 0 Å². The van der Waals surface area contributed by atoms with E-state index in [9.17, 15) is 10.2 Å². The van der Waals surface area contributed by atoms with Crippen molar-refractivity contribution in [3.63, 3.8) is 0 Å². The van der Waals surface area contributed by atoms with Crippen LogP contribution in [0.1, 0.15) is 114 Å². The number of nitrogens with zero attached hydrogens (tertiary/aromatic N) is 2. The molecule has 0 saturated carbocycles. The van der Waals surface area contributed by atoms with Gasteiger partial charge in [0.15, 0.2) is 0 Å². The Morgan fingerprint density at radius 3 is 1.98 bits per heavy atom. The number of anilines is 1. The summed E-state index contributed by atoms with van der Waals surface area (Å²) in [6.45, 7) is 18.2. The molecule has 53 heavy (non-hydrogen) atoms. The predicted octanol–water partition coefficient (Wildman–Crippen LogP) is 12.4. The van der Waals surface area contributed by atoms with Crippen molar-refractivity contribution >= 4 is 27.5 Å². The molecule has 5 aromatic carbocycles. The van der Waals surface area contributed by atoms with E-state index in [-0.39, 0.29) is 12.0 Å². The molecule has 1 aliphatic carbocycles. The molecule has 1 aliphatic heterocycles. The fraction of sp³-hybridized carbons (Fsp3) is 0.388. The number of piperidine rings is 1. The maximum Gasteiger partial charge on any atom is 0.0830 e. The quantitative estimate of drug-likeness (QED) is 0.165. The van der Waals surface area contributed by atoms with Crippen LogP contribution in [-0.4, -0.2) is 27.9 Å². The van der Waals surface area contributed by atoms with E-state index in [1.165, 1.54) is 82.1 Å². The Balaban J connectivity index is 0.000000188. The molecule has 1 fully saturated rings. The Labute approximate surface area is 319 Å². The number of aryl methyl sites for hydroxylation is 1. The molecule has 2 unspecified atom stereocenters. The van der Waals surface area contributed by atoms with E-state index in [0.717, 1.165) is 36.1 Å². The first-order valence-electron chi connectivity index (χ1n) is 20.3. The molecule has 8 rings (SSSR count). The van der Waals surface area contributed by atoms with Crippen molar-refractivity contribution in [2.75, 3.05) is 18.0 Å². The lowest BCUT2D eigenvalue weighted by molar-refractivity contribution is 0.178. The smallest absolute Gasteiger partial charge is 0.0830 e. The van der Waals surface area contributed by atoms with E-state index in [1.54, 1.807) is 0 Å². The van der Waals surface area contributed by atoms with Gasteiger partial charge in [-0.15, -0.1) is 0 Å². The zero-order chi connectivity index (χ0) is 38.0. The Morgan fingerprint density at radius 2 is 1.30 bits per heavy atom. The highest BCUT2D eigenvalue weighted by Gasteiger charge is 2.38. The first kappa shape index (κ1) is 39.8. The number of aromatic nitrogens is 1. The van der Waals surface area contributed by atoms with Gasteiger partial charge < -0.3 is 19.7 Å². The molecule has 1 aromatic heterocycles. The van der Waals surface area contributed by atoms with Gasteiger partial charge >= 0.3 is 0 Å². The van der Waals surface area contributed by atoms with Gasteiger partial charge in [-0.05, 0) is 108 Å². The lowest BCUT2D eigenvalue weighted by Crippen LogP contribution is -2.29. The second-order valence-electron chi connectivity index (χ2n) is 14.1.